The van der Waals surface area contributed by atoms with Crippen LogP contribution < -0.4 is 0 Å². The fourth-order valence-corrected chi connectivity index (χ4v) is 1.03. The number of hydrogen-bond acceptors (Lipinski definition) is 1. The largest absolute Gasteiger partial charge is 0.0856 e. The van der Waals surface area contributed by atoms with E-state index >= 15 is 0 Å². The molecule has 0 aliphatic carbocycles. The summed E-state index contributed by atoms with van der Waals surface area (Å²) in [6.07, 6.45) is 3.03. The van der Waals surface area contributed by atoms with E-state index in [0.717, 1.165) is 5.56 Å². The molecule has 0 fully saturated rings. The molecule has 3 heteroatoms. The third-order valence-electron chi connectivity index (χ3n) is 1.66. The zero-order valence-electron chi connectivity index (χ0n) is 7.09. The van der Waals surface area contributed by atoms with Crippen molar-refractivity contribution in [1.82, 2.24) is 0 Å². The lowest BCUT2D eigenvalue weighted by Crippen LogP contribution is -2.03. The van der Waals surface area contributed by atoms with E-state index in [-0.39, 0.29) is 6.04 Å². The molecule has 1 atom stereocenters. The highest BCUT2D eigenvalue weighted by Crippen LogP contribution is 2.05. The summed E-state index contributed by atoms with van der Waals surface area (Å²) >= 11 is 0. The molecule has 0 aromatic heterocycles. The van der Waals surface area contributed by atoms with Crippen LogP contribution in [0.5, 0.6) is 0 Å². The first-order valence-electron chi connectivity index (χ1n) is 3.91. The van der Waals surface area contributed by atoms with Crippen LogP contribution in [0.4, 0.5) is 0 Å². The number of benzene rings is 1. The van der Waals surface area contributed by atoms with Crippen molar-refractivity contribution >= 4 is 0 Å². The van der Waals surface area contributed by atoms with E-state index in [1.165, 1.54) is 0 Å². The summed E-state index contributed by atoms with van der Waals surface area (Å²) in [5.74, 6) is 0. The SMILES string of the molecule is [CH]=[C]C(Cc1ccccc1)N=[N+]=[N-]. The molecular formula is C10H9N3. The molecule has 3 nitrogen and oxygen atoms in total. The van der Waals surface area contributed by atoms with Crippen molar-refractivity contribution in [3.05, 3.63) is 59.0 Å². The molecule has 0 aliphatic heterocycles. The second-order valence-corrected chi connectivity index (χ2v) is 2.58. The fourth-order valence-electron chi connectivity index (χ4n) is 1.03. The molecule has 13 heavy (non-hydrogen) atoms. The Morgan fingerprint density at radius 1 is 1.46 bits per heavy atom. The maximum Gasteiger partial charge on any atom is 0.0668 e. The van der Waals surface area contributed by atoms with E-state index in [2.05, 4.69) is 16.1 Å². The molecule has 0 saturated heterocycles. The van der Waals surface area contributed by atoms with Gasteiger partial charge in [-0.15, -0.1) is 0 Å². The van der Waals surface area contributed by atoms with Crippen LogP contribution in [0, 0.1) is 12.7 Å². The lowest BCUT2D eigenvalue weighted by molar-refractivity contribution is 0.784. The number of nitrogens with zero attached hydrogens (tertiary/aromatic N) is 3. The summed E-state index contributed by atoms with van der Waals surface area (Å²) in [4.78, 5) is 2.69. The van der Waals surface area contributed by atoms with Crippen molar-refractivity contribution in [2.24, 2.45) is 5.11 Å². The summed E-state index contributed by atoms with van der Waals surface area (Å²) < 4.78 is 0. The first-order valence-corrected chi connectivity index (χ1v) is 3.91. The van der Waals surface area contributed by atoms with Gasteiger partial charge in [-0.2, -0.15) is 0 Å². The molecule has 2 radical (unpaired) electrons. The molecule has 0 saturated carbocycles. The van der Waals surface area contributed by atoms with E-state index in [1.54, 1.807) is 0 Å². The van der Waals surface area contributed by atoms with Crippen LogP contribution in [-0.2, 0) is 6.42 Å². The van der Waals surface area contributed by atoms with Gasteiger partial charge in [0, 0.05) is 4.91 Å². The molecule has 0 bridgehead atoms. The minimum atomic E-state index is -0.382. The van der Waals surface area contributed by atoms with E-state index in [0.29, 0.717) is 6.42 Å². The van der Waals surface area contributed by atoms with Gasteiger partial charge in [0.1, 0.15) is 0 Å². The highest BCUT2D eigenvalue weighted by molar-refractivity contribution is 5.16. The zero-order chi connectivity index (χ0) is 9.52. The van der Waals surface area contributed by atoms with Crippen LogP contribution in [0.15, 0.2) is 35.4 Å². The Kier molecular flexibility index (Phi) is 3.61. The minimum absolute atomic E-state index is 0.382. The minimum Gasteiger partial charge on any atom is -0.0856 e. The van der Waals surface area contributed by atoms with Crippen LogP contribution >= 0.6 is 0 Å². The average Bonchev–Trinajstić information content (AvgIpc) is 2.19. The van der Waals surface area contributed by atoms with Gasteiger partial charge < -0.3 is 0 Å². The molecule has 0 spiro atoms. The van der Waals surface area contributed by atoms with Crippen LogP contribution in [0.2, 0.25) is 0 Å². The quantitative estimate of drug-likeness (QED) is 0.380. The van der Waals surface area contributed by atoms with Gasteiger partial charge in [-0.1, -0.05) is 42.0 Å². The molecule has 64 valence electrons. The predicted molar refractivity (Wildman–Crippen MR) is 50.6 cm³/mol. The van der Waals surface area contributed by atoms with Crippen LogP contribution in [0.3, 0.4) is 0 Å². The van der Waals surface area contributed by atoms with E-state index < -0.39 is 0 Å². The molecule has 0 heterocycles. The Bertz CT molecular complexity index is 312. The number of rotatable bonds is 4. The van der Waals surface area contributed by atoms with Gasteiger partial charge in [0.15, 0.2) is 0 Å². The Labute approximate surface area is 77.3 Å². The van der Waals surface area contributed by atoms with Gasteiger partial charge in [-0.05, 0) is 23.6 Å². The molecule has 0 aliphatic rings. The van der Waals surface area contributed by atoms with E-state index in [4.69, 9.17) is 12.1 Å². The summed E-state index contributed by atoms with van der Waals surface area (Å²) in [7, 11) is 0. The second kappa shape index (κ2) is 5.01. The summed E-state index contributed by atoms with van der Waals surface area (Å²) in [5.41, 5.74) is 9.29. The predicted octanol–water partition coefficient (Wildman–Crippen LogP) is 2.70. The topological polar surface area (TPSA) is 48.8 Å². The normalized spacial score (nSPS) is 11.4. The Morgan fingerprint density at radius 2 is 2.15 bits per heavy atom. The summed E-state index contributed by atoms with van der Waals surface area (Å²) in [6, 6.07) is 9.32. The first kappa shape index (κ1) is 9.36. The molecule has 0 N–H and O–H groups in total. The monoisotopic (exact) mass is 171 g/mol. The summed E-state index contributed by atoms with van der Waals surface area (Å²) in [6.45, 7) is 5.19. The number of hydrogen-bond donors (Lipinski definition) is 0. The van der Waals surface area contributed by atoms with Gasteiger partial charge in [0.25, 0.3) is 0 Å². The van der Waals surface area contributed by atoms with Crippen molar-refractivity contribution in [3.63, 3.8) is 0 Å². The standard InChI is InChI=1S/C10H9N3/c1-2-10(12-13-11)8-9-6-4-3-5-7-9/h1,3-7,10H,8H2. The van der Waals surface area contributed by atoms with Crippen molar-refractivity contribution in [2.45, 2.75) is 12.5 Å². The molecular weight excluding hydrogens is 162 g/mol. The molecule has 0 amide bonds. The Balaban J connectivity index is 2.67. The Hall–Kier alpha value is -1.73. The van der Waals surface area contributed by atoms with Gasteiger partial charge in [-0.25, -0.2) is 0 Å². The highest BCUT2D eigenvalue weighted by Gasteiger charge is 2.01. The zero-order valence-corrected chi connectivity index (χ0v) is 7.09. The van der Waals surface area contributed by atoms with Gasteiger partial charge in [-0.3, -0.25) is 0 Å². The fraction of sp³-hybridized carbons (Fsp3) is 0.200. The number of azide groups is 1. The average molecular weight is 171 g/mol. The maximum atomic E-state index is 8.21. The maximum absolute atomic E-state index is 8.21. The van der Waals surface area contributed by atoms with Gasteiger partial charge >= 0.3 is 0 Å². The summed E-state index contributed by atoms with van der Waals surface area (Å²) in [5, 5.41) is 3.48. The van der Waals surface area contributed by atoms with Crippen molar-refractivity contribution in [1.29, 1.82) is 0 Å². The van der Waals surface area contributed by atoms with Crippen LogP contribution in [0.25, 0.3) is 10.4 Å². The smallest absolute Gasteiger partial charge is 0.0668 e. The molecule has 1 rings (SSSR count). The lowest BCUT2D eigenvalue weighted by Gasteiger charge is -2.03. The molecule has 1 unspecified atom stereocenters. The van der Waals surface area contributed by atoms with E-state index in [9.17, 15) is 0 Å². The highest BCUT2D eigenvalue weighted by atomic mass is 15.1. The van der Waals surface area contributed by atoms with Crippen molar-refractivity contribution in [2.75, 3.05) is 0 Å². The second-order valence-electron chi connectivity index (χ2n) is 2.58. The first-order chi connectivity index (χ1) is 6.36. The van der Waals surface area contributed by atoms with Gasteiger partial charge in [0.05, 0.1) is 6.04 Å². The van der Waals surface area contributed by atoms with Crippen LogP contribution in [-0.4, -0.2) is 6.04 Å². The molecule has 1 aromatic rings. The third kappa shape index (κ3) is 3.01. The third-order valence-corrected chi connectivity index (χ3v) is 1.66. The lowest BCUT2D eigenvalue weighted by atomic mass is 10.1. The van der Waals surface area contributed by atoms with Crippen LogP contribution in [0.1, 0.15) is 5.56 Å². The van der Waals surface area contributed by atoms with Crippen molar-refractivity contribution in [3.8, 4) is 0 Å². The van der Waals surface area contributed by atoms with E-state index in [1.807, 2.05) is 30.3 Å². The Morgan fingerprint density at radius 3 is 2.69 bits per heavy atom. The van der Waals surface area contributed by atoms with Crippen molar-refractivity contribution < 1.29 is 0 Å². The van der Waals surface area contributed by atoms with Gasteiger partial charge in [0.2, 0.25) is 0 Å². The molecule has 1 aromatic carbocycles.